The molecule has 1 atom stereocenters. The molecule has 0 aromatic rings. The summed E-state index contributed by atoms with van der Waals surface area (Å²) >= 11 is 0. The summed E-state index contributed by atoms with van der Waals surface area (Å²) in [7, 11) is 1.82. The molecule has 1 rings (SSSR count). The van der Waals surface area contributed by atoms with Gasteiger partial charge in [-0.15, -0.1) is 0 Å². The van der Waals surface area contributed by atoms with Crippen molar-refractivity contribution in [2.75, 3.05) is 13.7 Å². The predicted molar refractivity (Wildman–Crippen MR) is 74.4 cm³/mol. The van der Waals surface area contributed by atoms with Crippen molar-refractivity contribution in [1.29, 1.82) is 0 Å². The SMILES string of the molecule is CCCNC(CCC(C)(C)OC)C1CCCC1. The zero-order valence-corrected chi connectivity index (χ0v) is 12.2. The Morgan fingerprint density at radius 3 is 2.47 bits per heavy atom. The minimum absolute atomic E-state index is 0.0325. The van der Waals surface area contributed by atoms with Crippen LogP contribution in [0.25, 0.3) is 0 Å². The topological polar surface area (TPSA) is 21.3 Å². The fourth-order valence-electron chi connectivity index (χ4n) is 2.80. The molecule has 17 heavy (non-hydrogen) atoms. The van der Waals surface area contributed by atoms with Crippen molar-refractivity contribution in [3.05, 3.63) is 0 Å². The molecule has 0 aliphatic heterocycles. The fraction of sp³-hybridized carbons (Fsp3) is 1.00. The highest BCUT2D eigenvalue weighted by atomic mass is 16.5. The molecule has 0 aromatic carbocycles. The average molecular weight is 241 g/mol. The number of ether oxygens (including phenoxy) is 1. The summed E-state index contributed by atoms with van der Waals surface area (Å²) in [6.45, 7) is 7.80. The van der Waals surface area contributed by atoms with Crippen LogP contribution in [-0.4, -0.2) is 25.3 Å². The summed E-state index contributed by atoms with van der Waals surface area (Å²) in [4.78, 5) is 0. The molecule has 0 aromatic heterocycles. The number of nitrogens with one attached hydrogen (secondary N) is 1. The number of hydrogen-bond acceptors (Lipinski definition) is 2. The van der Waals surface area contributed by atoms with Gasteiger partial charge in [-0.3, -0.25) is 0 Å². The Bertz CT molecular complexity index is 197. The van der Waals surface area contributed by atoms with Crippen molar-refractivity contribution < 1.29 is 4.74 Å². The molecule has 1 N–H and O–H groups in total. The maximum Gasteiger partial charge on any atom is 0.0623 e. The lowest BCUT2D eigenvalue weighted by Gasteiger charge is -2.29. The van der Waals surface area contributed by atoms with Gasteiger partial charge in [-0.2, -0.15) is 0 Å². The number of rotatable bonds is 8. The molecule has 0 bridgehead atoms. The molecule has 102 valence electrons. The van der Waals surface area contributed by atoms with Crippen LogP contribution in [0.1, 0.15) is 65.7 Å². The molecule has 0 amide bonds. The molecule has 1 fully saturated rings. The maximum absolute atomic E-state index is 5.53. The van der Waals surface area contributed by atoms with Gasteiger partial charge in [0.1, 0.15) is 0 Å². The van der Waals surface area contributed by atoms with Gasteiger partial charge in [0.15, 0.2) is 0 Å². The van der Waals surface area contributed by atoms with Crippen molar-refractivity contribution in [1.82, 2.24) is 5.32 Å². The van der Waals surface area contributed by atoms with Crippen LogP contribution in [0, 0.1) is 5.92 Å². The van der Waals surface area contributed by atoms with Crippen LogP contribution >= 0.6 is 0 Å². The van der Waals surface area contributed by atoms with E-state index in [0.717, 1.165) is 18.9 Å². The molecule has 0 spiro atoms. The first kappa shape index (κ1) is 15.0. The van der Waals surface area contributed by atoms with Crippen LogP contribution in [0.2, 0.25) is 0 Å². The van der Waals surface area contributed by atoms with E-state index in [2.05, 4.69) is 26.1 Å². The summed E-state index contributed by atoms with van der Waals surface area (Å²) in [6.07, 6.45) is 9.36. The van der Waals surface area contributed by atoms with E-state index in [9.17, 15) is 0 Å². The molecule has 1 aliphatic rings. The Balaban J connectivity index is 2.39. The average Bonchev–Trinajstić information content (AvgIpc) is 2.83. The second-order valence-electron chi connectivity index (χ2n) is 6.11. The lowest BCUT2D eigenvalue weighted by Crippen LogP contribution is -2.37. The van der Waals surface area contributed by atoms with Gasteiger partial charge in [-0.25, -0.2) is 0 Å². The Hall–Kier alpha value is -0.0800. The molecule has 0 heterocycles. The lowest BCUT2D eigenvalue weighted by molar-refractivity contribution is 0.0102. The molecule has 0 radical (unpaired) electrons. The van der Waals surface area contributed by atoms with E-state index >= 15 is 0 Å². The van der Waals surface area contributed by atoms with Gasteiger partial charge in [0.25, 0.3) is 0 Å². The quantitative estimate of drug-likeness (QED) is 0.699. The first-order valence-corrected chi connectivity index (χ1v) is 7.37. The van der Waals surface area contributed by atoms with Gasteiger partial charge in [0.2, 0.25) is 0 Å². The maximum atomic E-state index is 5.53. The Labute approximate surface area is 108 Å². The number of hydrogen-bond donors (Lipinski definition) is 1. The van der Waals surface area contributed by atoms with Crippen LogP contribution < -0.4 is 5.32 Å². The molecule has 2 nitrogen and oxygen atoms in total. The second kappa shape index (κ2) is 7.38. The third-order valence-corrected chi connectivity index (χ3v) is 4.24. The van der Waals surface area contributed by atoms with E-state index in [1.807, 2.05) is 7.11 Å². The largest absolute Gasteiger partial charge is 0.379 e. The first-order valence-electron chi connectivity index (χ1n) is 7.37. The van der Waals surface area contributed by atoms with Crippen molar-refractivity contribution in [2.24, 2.45) is 5.92 Å². The smallest absolute Gasteiger partial charge is 0.0623 e. The van der Waals surface area contributed by atoms with E-state index in [0.29, 0.717) is 6.04 Å². The molecular formula is C15H31NO. The second-order valence-corrected chi connectivity index (χ2v) is 6.11. The van der Waals surface area contributed by atoms with Crippen LogP contribution in [0.5, 0.6) is 0 Å². The van der Waals surface area contributed by atoms with Crippen LogP contribution in [-0.2, 0) is 4.74 Å². The van der Waals surface area contributed by atoms with Crippen LogP contribution in [0.3, 0.4) is 0 Å². The molecule has 1 aliphatic carbocycles. The highest BCUT2D eigenvalue weighted by Gasteiger charge is 2.26. The highest BCUT2D eigenvalue weighted by Crippen LogP contribution is 2.31. The summed E-state index contributed by atoms with van der Waals surface area (Å²) in [5.41, 5.74) is 0.0325. The molecular weight excluding hydrogens is 210 g/mol. The summed E-state index contributed by atoms with van der Waals surface area (Å²) in [5, 5.41) is 3.75. The zero-order valence-electron chi connectivity index (χ0n) is 12.2. The normalized spacial score (nSPS) is 19.8. The van der Waals surface area contributed by atoms with Crippen molar-refractivity contribution in [3.8, 4) is 0 Å². The fourth-order valence-corrected chi connectivity index (χ4v) is 2.80. The summed E-state index contributed by atoms with van der Waals surface area (Å²) in [5.74, 6) is 0.911. The lowest BCUT2D eigenvalue weighted by atomic mass is 9.90. The zero-order chi connectivity index (χ0) is 12.7. The highest BCUT2D eigenvalue weighted by molar-refractivity contribution is 4.83. The van der Waals surface area contributed by atoms with Crippen LogP contribution in [0.4, 0.5) is 0 Å². The molecule has 2 heteroatoms. The first-order chi connectivity index (χ1) is 8.09. The van der Waals surface area contributed by atoms with E-state index in [-0.39, 0.29) is 5.60 Å². The minimum Gasteiger partial charge on any atom is -0.379 e. The van der Waals surface area contributed by atoms with Crippen LogP contribution in [0.15, 0.2) is 0 Å². The Morgan fingerprint density at radius 2 is 1.94 bits per heavy atom. The molecule has 1 unspecified atom stereocenters. The summed E-state index contributed by atoms with van der Waals surface area (Å²) < 4.78 is 5.53. The molecule has 1 saturated carbocycles. The van der Waals surface area contributed by atoms with Crippen molar-refractivity contribution >= 4 is 0 Å². The Morgan fingerprint density at radius 1 is 1.29 bits per heavy atom. The van der Waals surface area contributed by atoms with E-state index < -0.39 is 0 Å². The van der Waals surface area contributed by atoms with Gasteiger partial charge >= 0.3 is 0 Å². The standard InChI is InChI=1S/C15H31NO/c1-5-12-16-14(13-8-6-7-9-13)10-11-15(2,3)17-4/h13-14,16H,5-12H2,1-4H3. The number of methoxy groups -OCH3 is 1. The van der Waals surface area contributed by atoms with E-state index in [1.165, 1.54) is 38.5 Å². The van der Waals surface area contributed by atoms with Gasteiger partial charge in [-0.05, 0) is 58.4 Å². The van der Waals surface area contributed by atoms with Crippen molar-refractivity contribution in [3.63, 3.8) is 0 Å². The third kappa shape index (κ3) is 5.39. The van der Waals surface area contributed by atoms with Gasteiger partial charge < -0.3 is 10.1 Å². The third-order valence-electron chi connectivity index (χ3n) is 4.24. The van der Waals surface area contributed by atoms with Gasteiger partial charge in [0, 0.05) is 13.2 Å². The van der Waals surface area contributed by atoms with Gasteiger partial charge in [-0.1, -0.05) is 19.8 Å². The van der Waals surface area contributed by atoms with E-state index in [1.54, 1.807) is 0 Å². The predicted octanol–water partition coefficient (Wildman–Crippen LogP) is 3.75. The van der Waals surface area contributed by atoms with Gasteiger partial charge in [0.05, 0.1) is 5.60 Å². The molecule has 0 saturated heterocycles. The monoisotopic (exact) mass is 241 g/mol. The van der Waals surface area contributed by atoms with Crippen molar-refractivity contribution in [2.45, 2.75) is 77.4 Å². The van der Waals surface area contributed by atoms with E-state index in [4.69, 9.17) is 4.74 Å². The Kier molecular flexibility index (Phi) is 6.50. The summed E-state index contributed by atoms with van der Waals surface area (Å²) in [6, 6.07) is 0.715. The minimum atomic E-state index is 0.0325.